The molecule has 0 saturated heterocycles. The Hall–Kier alpha value is -1.21. The van der Waals surface area contributed by atoms with Crippen molar-refractivity contribution in [3.63, 3.8) is 0 Å². The first-order valence-corrected chi connectivity index (χ1v) is 4.66. The summed E-state index contributed by atoms with van der Waals surface area (Å²) in [7, 11) is 0. The number of alkyl halides is 1. The van der Waals surface area contributed by atoms with Gasteiger partial charge in [-0.25, -0.2) is 0 Å². The molecule has 0 unspecified atom stereocenters. The van der Waals surface area contributed by atoms with Gasteiger partial charge in [0.05, 0.1) is 0 Å². The van der Waals surface area contributed by atoms with Crippen molar-refractivity contribution in [1.82, 2.24) is 4.98 Å². The summed E-state index contributed by atoms with van der Waals surface area (Å²) in [4.78, 5) is 3.14. The van der Waals surface area contributed by atoms with Gasteiger partial charge in [-0.3, -0.25) is 0 Å². The van der Waals surface area contributed by atoms with Gasteiger partial charge in [0.25, 0.3) is 0 Å². The van der Waals surface area contributed by atoms with E-state index in [0.29, 0.717) is 5.88 Å². The quantitative estimate of drug-likeness (QED) is 0.701. The van der Waals surface area contributed by atoms with Crippen LogP contribution in [0.15, 0.2) is 37.0 Å². The molecule has 0 radical (unpaired) electrons. The van der Waals surface area contributed by atoms with Crippen LogP contribution in [0.4, 0.5) is 0 Å². The second-order valence-corrected chi connectivity index (χ2v) is 3.28. The maximum atomic E-state index is 5.70. The van der Waals surface area contributed by atoms with E-state index in [0.717, 1.165) is 16.7 Å². The standard InChI is InChI=1S/C11H10ClN/c1-8(7-12)9-2-3-11-10(6-9)4-5-13-11/h2-6,13H,1,7H2. The highest BCUT2D eigenvalue weighted by molar-refractivity contribution is 6.23. The molecule has 0 amide bonds. The van der Waals surface area contributed by atoms with Crippen molar-refractivity contribution in [2.24, 2.45) is 0 Å². The molecule has 0 fully saturated rings. The van der Waals surface area contributed by atoms with Crippen LogP contribution in [0.1, 0.15) is 5.56 Å². The van der Waals surface area contributed by atoms with Crippen LogP contribution in [0, 0.1) is 0 Å². The third kappa shape index (κ3) is 1.47. The Labute approximate surface area is 82.0 Å². The van der Waals surface area contributed by atoms with Gasteiger partial charge in [0, 0.05) is 17.6 Å². The van der Waals surface area contributed by atoms with Crippen molar-refractivity contribution in [2.75, 3.05) is 5.88 Å². The molecule has 1 aromatic carbocycles. The number of rotatable bonds is 2. The Balaban J connectivity index is 2.54. The van der Waals surface area contributed by atoms with Gasteiger partial charge in [-0.2, -0.15) is 0 Å². The average Bonchev–Trinajstić information content (AvgIpc) is 2.63. The van der Waals surface area contributed by atoms with Crippen molar-refractivity contribution in [1.29, 1.82) is 0 Å². The highest BCUT2D eigenvalue weighted by atomic mass is 35.5. The molecule has 0 aliphatic rings. The number of H-pyrrole nitrogens is 1. The van der Waals surface area contributed by atoms with Crippen LogP contribution in [-0.2, 0) is 0 Å². The maximum Gasteiger partial charge on any atom is 0.0474 e. The number of hydrogen-bond acceptors (Lipinski definition) is 0. The third-order valence-corrected chi connectivity index (χ3v) is 2.45. The zero-order valence-corrected chi connectivity index (χ0v) is 7.93. The second kappa shape index (κ2) is 3.27. The molecule has 0 bridgehead atoms. The van der Waals surface area contributed by atoms with Crippen LogP contribution in [0.25, 0.3) is 16.5 Å². The summed E-state index contributed by atoms with van der Waals surface area (Å²) in [5.41, 5.74) is 3.22. The van der Waals surface area contributed by atoms with Gasteiger partial charge < -0.3 is 4.98 Å². The topological polar surface area (TPSA) is 15.8 Å². The van der Waals surface area contributed by atoms with Crippen molar-refractivity contribution < 1.29 is 0 Å². The first kappa shape index (κ1) is 8.39. The number of halogens is 1. The number of benzene rings is 1. The van der Waals surface area contributed by atoms with Gasteiger partial charge >= 0.3 is 0 Å². The Morgan fingerprint density at radius 1 is 1.38 bits per heavy atom. The molecule has 2 aromatic rings. The molecule has 66 valence electrons. The number of fused-ring (bicyclic) bond motifs is 1. The molecule has 13 heavy (non-hydrogen) atoms. The maximum absolute atomic E-state index is 5.70. The number of hydrogen-bond donors (Lipinski definition) is 1. The Morgan fingerprint density at radius 3 is 3.00 bits per heavy atom. The summed E-state index contributed by atoms with van der Waals surface area (Å²) in [6.45, 7) is 3.89. The number of aromatic amines is 1. The van der Waals surface area contributed by atoms with Gasteiger partial charge in [-0.15, -0.1) is 11.6 Å². The van der Waals surface area contributed by atoms with Crippen molar-refractivity contribution in [3.05, 3.63) is 42.6 Å². The first-order valence-electron chi connectivity index (χ1n) is 4.12. The summed E-state index contributed by atoms with van der Waals surface area (Å²) in [5.74, 6) is 0.482. The van der Waals surface area contributed by atoms with Crippen LogP contribution in [0.5, 0.6) is 0 Å². The summed E-state index contributed by atoms with van der Waals surface area (Å²) in [6, 6.07) is 8.21. The molecule has 0 saturated carbocycles. The van der Waals surface area contributed by atoms with E-state index in [4.69, 9.17) is 11.6 Å². The zero-order valence-electron chi connectivity index (χ0n) is 7.18. The summed E-state index contributed by atoms with van der Waals surface area (Å²) in [5, 5.41) is 1.20. The second-order valence-electron chi connectivity index (χ2n) is 3.02. The van der Waals surface area contributed by atoms with Crippen molar-refractivity contribution >= 4 is 28.1 Å². The van der Waals surface area contributed by atoms with Crippen LogP contribution in [0.3, 0.4) is 0 Å². The SMILES string of the molecule is C=C(CCl)c1ccc2[nH]ccc2c1. The van der Waals surface area contributed by atoms with E-state index in [1.165, 1.54) is 5.39 Å². The highest BCUT2D eigenvalue weighted by Gasteiger charge is 1.99. The fourth-order valence-electron chi connectivity index (χ4n) is 1.35. The van der Waals surface area contributed by atoms with E-state index < -0.39 is 0 Å². The van der Waals surface area contributed by atoms with Gasteiger partial charge in [-0.05, 0) is 34.7 Å². The molecule has 1 heterocycles. The lowest BCUT2D eigenvalue weighted by Crippen LogP contribution is -1.82. The lowest BCUT2D eigenvalue weighted by atomic mass is 10.1. The van der Waals surface area contributed by atoms with Gasteiger partial charge in [0.2, 0.25) is 0 Å². The van der Waals surface area contributed by atoms with Crippen LogP contribution < -0.4 is 0 Å². The largest absolute Gasteiger partial charge is 0.361 e. The van der Waals surface area contributed by atoms with Gasteiger partial charge in [0.15, 0.2) is 0 Å². The minimum absolute atomic E-state index is 0.482. The molecule has 0 aliphatic heterocycles. The molecule has 2 rings (SSSR count). The van der Waals surface area contributed by atoms with Gasteiger partial charge in [-0.1, -0.05) is 12.6 Å². The van der Waals surface area contributed by atoms with Crippen molar-refractivity contribution in [3.8, 4) is 0 Å². The van der Waals surface area contributed by atoms with E-state index in [2.05, 4.69) is 17.6 Å². The smallest absolute Gasteiger partial charge is 0.0474 e. The Kier molecular flexibility index (Phi) is 2.11. The van der Waals surface area contributed by atoms with E-state index in [1.54, 1.807) is 0 Å². The fraction of sp³-hybridized carbons (Fsp3) is 0.0909. The van der Waals surface area contributed by atoms with E-state index >= 15 is 0 Å². The predicted octanol–water partition coefficient (Wildman–Crippen LogP) is 3.42. The normalized spacial score (nSPS) is 10.5. The zero-order chi connectivity index (χ0) is 9.26. The highest BCUT2D eigenvalue weighted by Crippen LogP contribution is 2.19. The molecule has 1 N–H and O–H groups in total. The molecule has 2 heteroatoms. The summed E-state index contributed by atoms with van der Waals surface area (Å²) in [6.07, 6.45) is 1.93. The molecule has 1 aromatic heterocycles. The molecule has 0 spiro atoms. The lowest BCUT2D eigenvalue weighted by Gasteiger charge is -2.00. The summed E-state index contributed by atoms with van der Waals surface area (Å²) >= 11 is 5.70. The Morgan fingerprint density at radius 2 is 2.23 bits per heavy atom. The predicted molar refractivity (Wildman–Crippen MR) is 58.1 cm³/mol. The van der Waals surface area contributed by atoms with Crippen LogP contribution in [-0.4, -0.2) is 10.9 Å². The Bertz CT molecular complexity index is 442. The number of allylic oxidation sites excluding steroid dienone is 1. The van der Waals surface area contributed by atoms with E-state index in [9.17, 15) is 0 Å². The molecular formula is C11H10ClN. The lowest BCUT2D eigenvalue weighted by molar-refractivity contribution is 1.47. The molecule has 1 nitrogen and oxygen atoms in total. The van der Waals surface area contributed by atoms with Crippen LogP contribution in [0.2, 0.25) is 0 Å². The third-order valence-electron chi connectivity index (χ3n) is 2.12. The average molecular weight is 192 g/mol. The molecule has 0 atom stereocenters. The van der Waals surface area contributed by atoms with Gasteiger partial charge in [0.1, 0.15) is 0 Å². The minimum atomic E-state index is 0.482. The number of aromatic nitrogens is 1. The summed E-state index contributed by atoms with van der Waals surface area (Å²) < 4.78 is 0. The fourth-order valence-corrected chi connectivity index (χ4v) is 1.50. The van der Waals surface area contributed by atoms with E-state index in [-0.39, 0.29) is 0 Å². The number of nitrogens with one attached hydrogen (secondary N) is 1. The monoisotopic (exact) mass is 191 g/mol. The minimum Gasteiger partial charge on any atom is -0.361 e. The molecule has 0 aliphatic carbocycles. The van der Waals surface area contributed by atoms with Crippen molar-refractivity contribution in [2.45, 2.75) is 0 Å². The molecular weight excluding hydrogens is 182 g/mol. The first-order chi connectivity index (χ1) is 6.31. The van der Waals surface area contributed by atoms with Crippen LogP contribution >= 0.6 is 11.6 Å². The van der Waals surface area contributed by atoms with E-state index in [1.807, 2.05) is 24.4 Å².